The van der Waals surface area contributed by atoms with Gasteiger partial charge in [-0.3, -0.25) is 9.89 Å². The van der Waals surface area contributed by atoms with E-state index in [4.69, 9.17) is 9.26 Å². The number of carbonyl (C=O) groups is 2. The van der Waals surface area contributed by atoms with Crippen LogP contribution in [-0.4, -0.2) is 33.3 Å². The number of rotatable bonds is 5. The smallest absolute Gasteiger partial charge is 0.360 e. The number of H-pyrrole nitrogens is 1. The third-order valence-electron chi connectivity index (χ3n) is 3.64. The molecule has 0 radical (unpaired) electrons. The summed E-state index contributed by atoms with van der Waals surface area (Å²) in [6.45, 7) is 5.29. The minimum absolute atomic E-state index is 0.145. The molecule has 2 N–H and O–H groups in total. The Hall–Kier alpha value is -3.16. The van der Waals surface area contributed by atoms with Gasteiger partial charge in [0.15, 0.2) is 17.6 Å². The first-order chi connectivity index (χ1) is 12.0. The highest BCUT2D eigenvalue weighted by atomic mass is 16.5. The number of anilines is 1. The van der Waals surface area contributed by atoms with E-state index < -0.39 is 18.0 Å². The molecule has 0 spiro atoms. The Morgan fingerprint density at radius 3 is 2.72 bits per heavy atom. The van der Waals surface area contributed by atoms with E-state index in [0.29, 0.717) is 11.1 Å². The Balaban J connectivity index is 1.77. The van der Waals surface area contributed by atoms with Crippen LogP contribution in [0.15, 0.2) is 34.9 Å². The topological polar surface area (TPSA) is 110 Å². The van der Waals surface area contributed by atoms with Crippen molar-refractivity contribution in [2.45, 2.75) is 26.9 Å². The fourth-order valence-corrected chi connectivity index (χ4v) is 2.41. The quantitative estimate of drug-likeness (QED) is 0.690. The van der Waals surface area contributed by atoms with Gasteiger partial charge in [0.05, 0.1) is 5.52 Å². The summed E-state index contributed by atoms with van der Waals surface area (Å²) in [6, 6.07) is 8.78. The average molecular weight is 342 g/mol. The molecular formula is C17H18N4O4. The summed E-state index contributed by atoms with van der Waals surface area (Å²) >= 11 is 0. The van der Waals surface area contributed by atoms with E-state index >= 15 is 0 Å². The van der Waals surface area contributed by atoms with Gasteiger partial charge in [-0.05, 0) is 18.9 Å². The number of nitrogens with one attached hydrogen (secondary N) is 2. The predicted molar refractivity (Wildman–Crippen MR) is 90.0 cm³/mol. The molecule has 1 atom stereocenters. The zero-order valence-corrected chi connectivity index (χ0v) is 14.1. The van der Waals surface area contributed by atoms with Crippen molar-refractivity contribution < 1.29 is 18.8 Å². The Morgan fingerprint density at radius 2 is 2.04 bits per heavy atom. The van der Waals surface area contributed by atoms with Crippen LogP contribution in [0.5, 0.6) is 0 Å². The molecule has 0 fully saturated rings. The summed E-state index contributed by atoms with van der Waals surface area (Å²) in [5.74, 6) is -0.535. The summed E-state index contributed by atoms with van der Waals surface area (Å²) < 4.78 is 10.3. The van der Waals surface area contributed by atoms with Crippen molar-refractivity contribution >= 4 is 28.6 Å². The number of nitrogens with zero attached hydrogens (tertiary/aromatic N) is 2. The number of aryl methyl sites for hydroxylation is 1. The van der Waals surface area contributed by atoms with Gasteiger partial charge in [-0.1, -0.05) is 37.2 Å². The van der Waals surface area contributed by atoms with E-state index in [-0.39, 0.29) is 17.4 Å². The van der Waals surface area contributed by atoms with Gasteiger partial charge in [0.25, 0.3) is 5.91 Å². The van der Waals surface area contributed by atoms with Crippen LogP contribution in [0.1, 0.15) is 30.1 Å². The molecule has 130 valence electrons. The van der Waals surface area contributed by atoms with E-state index in [1.807, 2.05) is 6.07 Å². The van der Waals surface area contributed by atoms with Gasteiger partial charge in [-0.15, -0.1) is 0 Å². The summed E-state index contributed by atoms with van der Waals surface area (Å²) in [4.78, 5) is 24.9. The molecule has 0 aliphatic rings. The Bertz CT molecular complexity index is 912. The molecule has 2 aromatic heterocycles. The van der Waals surface area contributed by atoms with E-state index in [1.54, 1.807) is 45.0 Å². The number of carbonyl (C=O) groups excluding carboxylic acids is 2. The van der Waals surface area contributed by atoms with Crippen LogP contribution >= 0.6 is 0 Å². The van der Waals surface area contributed by atoms with Crippen molar-refractivity contribution in [2.24, 2.45) is 5.92 Å². The number of benzene rings is 1. The predicted octanol–water partition coefficient (Wildman–Crippen LogP) is 2.68. The average Bonchev–Trinajstić information content (AvgIpc) is 3.18. The Labute approximate surface area is 143 Å². The fourth-order valence-electron chi connectivity index (χ4n) is 2.41. The molecule has 0 saturated heterocycles. The van der Waals surface area contributed by atoms with Crippen molar-refractivity contribution in [1.82, 2.24) is 15.4 Å². The molecule has 8 nitrogen and oxygen atoms in total. The van der Waals surface area contributed by atoms with Crippen LogP contribution in [0.3, 0.4) is 0 Å². The van der Waals surface area contributed by atoms with Gasteiger partial charge in [0, 0.05) is 11.5 Å². The molecule has 0 bridgehead atoms. The molecule has 0 unspecified atom stereocenters. The van der Waals surface area contributed by atoms with Crippen LogP contribution in [0.25, 0.3) is 10.9 Å². The van der Waals surface area contributed by atoms with Crippen molar-refractivity contribution in [3.63, 3.8) is 0 Å². The fraction of sp³-hybridized carbons (Fsp3) is 0.294. The first-order valence-electron chi connectivity index (χ1n) is 7.84. The van der Waals surface area contributed by atoms with Crippen LogP contribution in [0, 0.1) is 12.8 Å². The molecule has 0 aliphatic carbocycles. The summed E-state index contributed by atoms with van der Waals surface area (Å²) in [5, 5.41) is 13.7. The van der Waals surface area contributed by atoms with Crippen molar-refractivity contribution in [3.8, 4) is 0 Å². The first-order valence-corrected chi connectivity index (χ1v) is 7.84. The molecule has 0 aliphatic heterocycles. The van der Waals surface area contributed by atoms with Crippen LogP contribution in [0.4, 0.5) is 5.82 Å². The zero-order valence-electron chi connectivity index (χ0n) is 14.1. The maximum absolute atomic E-state index is 12.5. The van der Waals surface area contributed by atoms with E-state index in [9.17, 15) is 9.59 Å². The second-order valence-electron chi connectivity index (χ2n) is 6.00. The minimum atomic E-state index is -0.986. The standard InChI is InChI=1S/C17H18N4O4/c1-9(2)15(16(22)18-13-8-10(3)25-21-13)24-17(23)14-11-6-4-5-7-12(11)19-20-14/h4-9,15H,1-3H3,(H,19,20)(H,18,21,22)/t15-/m1/s1. The van der Waals surface area contributed by atoms with E-state index in [2.05, 4.69) is 20.7 Å². The number of hydrogen-bond acceptors (Lipinski definition) is 6. The van der Waals surface area contributed by atoms with Crippen molar-refractivity contribution in [1.29, 1.82) is 0 Å². The number of esters is 1. The van der Waals surface area contributed by atoms with Crippen molar-refractivity contribution in [3.05, 3.63) is 41.8 Å². The third-order valence-corrected chi connectivity index (χ3v) is 3.64. The molecule has 0 saturated carbocycles. The van der Waals surface area contributed by atoms with Gasteiger partial charge in [0.1, 0.15) is 5.76 Å². The second-order valence-corrected chi connectivity index (χ2v) is 6.00. The molecule has 8 heteroatoms. The Kier molecular flexibility index (Phi) is 4.51. The molecule has 3 rings (SSSR count). The summed E-state index contributed by atoms with van der Waals surface area (Å²) in [6.07, 6.45) is -0.986. The highest BCUT2D eigenvalue weighted by Crippen LogP contribution is 2.19. The largest absolute Gasteiger partial charge is 0.447 e. The number of fused-ring (bicyclic) bond motifs is 1. The van der Waals surface area contributed by atoms with Gasteiger partial charge < -0.3 is 14.6 Å². The lowest BCUT2D eigenvalue weighted by molar-refractivity contribution is -0.126. The molecule has 1 aromatic carbocycles. The molecule has 2 heterocycles. The lowest BCUT2D eigenvalue weighted by Crippen LogP contribution is -2.36. The highest BCUT2D eigenvalue weighted by molar-refractivity contribution is 6.03. The number of aromatic amines is 1. The first kappa shape index (κ1) is 16.7. The molecular weight excluding hydrogens is 324 g/mol. The number of para-hydroxylation sites is 1. The minimum Gasteiger partial charge on any atom is -0.447 e. The third kappa shape index (κ3) is 3.52. The maximum atomic E-state index is 12.5. The van der Waals surface area contributed by atoms with Crippen molar-refractivity contribution in [2.75, 3.05) is 5.32 Å². The zero-order chi connectivity index (χ0) is 18.0. The lowest BCUT2D eigenvalue weighted by Gasteiger charge is -2.19. The SMILES string of the molecule is Cc1cc(NC(=O)[C@H](OC(=O)c2n[nH]c3ccccc23)C(C)C)no1. The van der Waals surface area contributed by atoms with Gasteiger partial charge in [-0.2, -0.15) is 5.10 Å². The number of ether oxygens (including phenoxy) is 1. The van der Waals surface area contributed by atoms with Crippen LogP contribution in [0.2, 0.25) is 0 Å². The van der Waals surface area contributed by atoms with E-state index in [0.717, 1.165) is 5.52 Å². The monoisotopic (exact) mass is 342 g/mol. The number of amides is 1. The Morgan fingerprint density at radius 1 is 1.28 bits per heavy atom. The van der Waals surface area contributed by atoms with E-state index in [1.165, 1.54) is 0 Å². The summed E-state index contributed by atoms with van der Waals surface area (Å²) in [7, 11) is 0. The van der Waals surface area contributed by atoms with Crippen LogP contribution < -0.4 is 5.32 Å². The van der Waals surface area contributed by atoms with Crippen LogP contribution in [-0.2, 0) is 9.53 Å². The maximum Gasteiger partial charge on any atom is 0.360 e. The lowest BCUT2D eigenvalue weighted by atomic mass is 10.1. The van der Waals surface area contributed by atoms with Gasteiger partial charge in [-0.25, -0.2) is 4.79 Å². The molecule has 25 heavy (non-hydrogen) atoms. The molecule has 1 amide bonds. The summed E-state index contributed by atoms with van der Waals surface area (Å²) in [5.41, 5.74) is 0.865. The van der Waals surface area contributed by atoms with Gasteiger partial charge in [0.2, 0.25) is 0 Å². The highest BCUT2D eigenvalue weighted by Gasteiger charge is 2.29. The van der Waals surface area contributed by atoms with Gasteiger partial charge >= 0.3 is 5.97 Å². The second kappa shape index (κ2) is 6.76. The normalized spacial score (nSPS) is 12.3. The molecule has 3 aromatic rings. The number of hydrogen-bond donors (Lipinski definition) is 2. The number of aromatic nitrogens is 3.